The summed E-state index contributed by atoms with van der Waals surface area (Å²) in [5, 5.41) is 0. The van der Waals surface area contributed by atoms with Gasteiger partial charge in [-0.2, -0.15) is 0 Å². The number of aryl methyl sites for hydroxylation is 1. The van der Waals surface area contributed by atoms with Crippen molar-refractivity contribution in [1.29, 1.82) is 0 Å². The summed E-state index contributed by atoms with van der Waals surface area (Å²) < 4.78 is 10.4. The van der Waals surface area contributed by atoms with Crippen molar-refractivity contribution < 1.29 is 14.3 Å². The van der Waals surface area contributed by atoms with Crippen molar-refractivity contribution in [3.63, 3.8) is 0 Å². The third-order valence-electron chi connectivity index (χ3n) is 2.83. The Morgan fingerprint density at radius 2 is 2.33 bits per heavy atom. The fraction of sp³-hybridized carbons (Fsp3) is 0.583. The second kappa shape index (κ2) is 5.30. The van der Waals surface area contributed by atoms with Gasteiger partial charge in [-0.15, -0.1) is 0 Å². The normalized spacial score (nSPS) is 18.9. The van der Waals surface area contributed by atoms with Gasteiger partial charge < -0.3 is 15.2 Å². The SMILES string of the molecule is CCOC(=O)c1c(C)nc(C2CCCO2)nc1N. The van der Waals surface area contributed by atoms with Gasteiger partial charge in [0.1, 0.15) is 17.5 Å². The van der Waals surface area contributed by atoms with Crippen molar-refractivity contribution in [2.75, 3.05) is 18.9 Å². The second-order valence-electron chi connectivity index (χ2n) is 4.15. The molecule has 0 amide bonds. The van der Waals surface area contributed by atoms with Crippen molar-refractivity contribution in [1.82, 2.24) is 9.97 Å². The van der Waals surface area contributed by atoms with Crippen LogP contribution in [0.25, 0.3) is 0 Å². The number of carbonyl (C=O) groups is 1. The van der Waals surface area contributed by atoms with Gasteiger partial charge in [-0.3, -0.25) is 0 Å². The number of hydrogen-bond acceptors (Lipinski definition) is 6. The molecule has 6 nitrogen and oxygen atoms in total. The van der Waals surface area contributed by atoms with Gasteiger partial charge in [-0.25, -0.2) is 14.8 Å². The highest BCUT2D eigenvalue weighted by Crippen LogP contribution is 2.27. The van der Waals surface area contributed by atoms with Gasteiger partial charge in [0.2, 0.25) is 0 Å². The van der Waals surface area contributed by atoms with Crippen LogP contribution >= 0.6 is 0 Å². The Labute approximate surface area is 106 Å². The number of aromatic nitrogens is 2. The van der Waals surface area contributed by atoms with Gasteiger partial charge >= 0.3 is 5.97 Å². The number of anilines is 1. The minimum atomic E-state index is -0.480. The first-order valence-corrected chi connectivity index (χ1v) is 6.06. The van der Waals surface area contributed by atoms with Crippen LogP contribution in [0.15, 0.2) is 0 Å². The highest BCUT2D eigenvalue weighted by Gasteiger charge is 2.24. The number of ether oxygens (including phenoxy) is 2. The Hall–Kier alpha value is -1.69. The van der Waals surface area contributed by atoms with E-state index in [1.807, 2.05) is 0 Å². The van der Waals surface area contributed by atoms with Crippen LogP contribution in [0.4, 0.5) is 5.82 Å². The lowest BCUT2D eigenvalue weighted by Gasteiger charge is -2.12. The van der Waals surface area contributed by atoms with Crippen molar-refractivity contribution in [3.05, 3.63) is 17.1 Å². The maximum absolute atomic E-state index is 11.7. The van der Waals surface area contributed by atoms with E-state index in [2.05, 4.69) is 9.97 Å². The summed E-state index contributed by atoms with van der Waals surface area (Å²) in [6.07, 6.45) is 1.77. The van der Waals surface area contributed by atoms with E-state index in [0.29, 0.717) is 24.7 Å². The molecule has 1 saturated heterocycles. The van der Waals surface area contributed by atoms with Crippen LogP contribution in [-0.2, 0) is 9.47 Å². The van der Waals surface area contributed by atoms with E-state index in [1.165, 1.54) is 0 Å². The van der Waals surface area contributed by atoms with Crippen LogP contribution in [0, 0.1) is 6.92 Å². The number of nitrogens with zero attached hydrogens (tertiary/aromatic N) is 2. The van der Waals surface area contributed by atoms with Crippen LogP contribution in [0.2, 0.25) is 0 Å². The van der Waals surface area contributed by atoms with Crippen LogP contribution < -0.4 is 5.73 Å². The maximum atomic E-state index is 11.7. The topological polar surface area (TPSA) is 87.3 Å². The van der Waals surface area contributed by atoms with Crippen LogP contribution in [-0.4, -0.2) is 29.2 Å². The predicted molar refractivity (Wildman–Crippen MR) is 65.1 cm³/mol. The highest BCUT2D eigenvalue weighted by molar-refractivity contribution is 5.95. The van der Waals surface area contributed by atoms with Gasteiger partial charge in [-0.05, 0) is 26.7 Å². The van der Waals surface area contributed by atoms with Gasteiger partial charge in [0.05, 0.1) is 12.3 Å². The minimum absolute atomic E-state index is 0.109. The fourth-order valence-corrected chi connectivity index (χ4v) is 2.00. The Morgan fingerprint density at radius 1 is 1.56 bits per heavy atom. The van der Waals surface area contributed by atoms with Crippen molar-refractivity contribution >= 4 is 11.8 Å². The average molecular weight is 251 g/mol. The Balaban J connectivity index is 2.31. The van der Waals surface area contributed by atoms with E-state index < -0.39 is 5.97 Å². The minimum Gasteiger partial charge on any atom is -0.462 e. The summed E-state index contributed by atoms with van der Waals surface area (Å²) in [5.74, 6) is 0.230. The van der Waals surface area contributed by atoms with Gasteiger partial charge in [-0.1, -0.05) is 0 Å². The molecule has 1 aromatic rings. The summed E-state index contributed by atoms with van der Waals surface area (Å²) in [5.41, 5.74) is 6.60. The number of nitrogens with two attached hydrogens (primary N) is 1. The molecule has 2 rings (SSSR count). The molecule has 0 radical (unpaired) electrons. The molecular weight excluding hydrogens is 234 g/mol. The van der Waals surface area contributed by atoms with Gasteiger partial charge in [0.25, 0.3) is 0 Å². The summed E-state index contributed by atoms with van der Waals surface area (Å²) >= 11 is 0. The maximum Gasteiger partial charge on any atom is 0.343 e. The molecule has 0 saturated carbocycles. The molecule has 0 spiro atoms. The molecule has 1 atom stereocenters. The Kier molecular flexibility index (Phi) is 3.76. The van der Waals surface area contributed by atoms with E-state index in [0.717, 1.165) is 12.8 Å². The predicted octanol–water partition coefficient (Wildman–Crippen LogP) is 1.40. The van der Waals surface area contributed by atoms with Gasteiger partial charge in [0.15, 0.2) is 5.82 Å². The summed E-state index contributed by atoms with van der Waals surface area (Å²) in [6.45, 7) is 4.48. The van der Waals surface area contributed by atoms with Crippen LogP contribution in [0.5, 0.6) is 0 Å². The van der Waals surface area contributed by atoms with E-state index in [9.17, 15) is 4.79 Å². The lowest BCUT2D eigenvalue weighted by atomic mass is 10.2. The lowest BCUT2D eigenvalue weighted by Crippen LogP contribution is -2.16. The van der Waals surface area contributed by atoms with Crippen LogP contribution in [0.1, 0.15) is 47.7 Å². The van der Waals surface area contributed by atoms with E-state index >= 15 is 0 Å². The number of hydrogen-bond donors (Lipinski definition) is 1. The van der Waals surface area contributed by atoms with E-state index in [4.69, 9.17) is 15.2 Å². The molecule has 1 aromatic heterocycles. The van der Waals surface area contributed by atoms with Crippen molar-refractivity contribution in [3.8, 4) is 0 Å². The molecule has 18 heavy (non-hydrogen) atoms. The molecule has 98 valence electrons. The first kappa shape index (κ1) is 12.8. The van der Waals surface area contributed by atoms with Gasteiger partial charge in [0, 0.05) is 6.61 Å². The fourth-order valence-electron chi connectivity index (χ4n) is 2.00. The number of carbonyl (C=O) groups excluding carboxylic acids is 1. The molecule has 6 heteroatoms. The monoisotopic (exact) mass is 251 g/mol. The third kappa shape index (κ3) is 2.43. The summed E-state index contributed by atoms with van der Waals surface area (Å²) in [4.78, 5) is 20.2. The van der Waals surface area contributed by atoms with Crippen molar-refractivity contribution in [2.24, 2.45) is 0 Å². The molecule has 1 aliphatic rings. The lowest BCUT2D eigenvalue weighted by molar-refractivity contribution is 0.0525. The number of esters is 1. The molecule has 2 heterocycles. The molecule has 2 N–H and O–H groups in total. The average Bonchev–Trinajstić information content (AvgIpc) is 2.81. The Morgan fingerprint density at radius 3 is 2.89 bits per heavy atom. The largest absolute Gasteiger partial charge is 0.462 e. The molecule has 1 aliphatic heterocycles. The standard InChI is InChI=1S/C12H17N3O3/c1-3-17-12(16)9-7(2)14-11(15-10(9)13)8-5-4-6-18-8/h8H,3-6H2,1-2H3,(H2,13,14,15). The zero-order chi connectivity index (χ0) is 13.1. The summed E-state index contributed by atoms with van der Waals surface area (Å²) in [7, 11) is 0. The highest BCUT2D eigenvalue weighted by atomic mass is 16.5. The smallest absolute Gasteiger partial charge is 0.343 e. The van der Waals surface area contributed by atoms with Crippen LogP contribution in [0.3, 0.4) is 0 Å². The quantitative estimate of drug-likeness (QED) is 0.817. The van der Waals surface area contributed by atoms with E-state index in [1.54, 1.807) is 13.8 Å². The molecule has 0 aliphatic carbocycles. The molecule has 1 unspecified atom stereocenters. The first-order chi connectivity index (χ1) is 8.63. The van der Waals surface area contributed by atoms with E-state index in [-0.39, 0.29) is 17.5 Å². The zero-order valence-electron chi connectivity index (χ0n) is 10.6. The molecule has 1 fully saturated rings. The zero-order valence-corrected chi connectivity index (χ0v) is 10.6. The van der Waals surface area contributed by atoms with Crippen molar-refractivity contribution in [2.45, 2.75) is 32.8 Å². The third-order valence-corrected chi connectivity index (χ3v) is 2.83. The molecule has 0 bridgehead atoms. The Bertz CT molecular complexity index is 433. The summed E-state index contributed by atoms with van der Waals surface area (Å²) in [6, 6.07) is 0. The molecular formula is C12H17N3O3. The number of nitrogen functional groups attached to an aromatic ring is 1. The second-order valence-corrected chi connectivity index (χ2v) is 4.15. The number of rotatable bonds is 3. The first-order valence-electron chi connectivity index (χ1n) is 6.06. The molecule has 0 aromatic carbocycles.